The van der Waals surface area contributed by atoms with Gasteiger partial charge >= 0.3 is 0 Å². The third-order valence-corrected chi connectivity index (χ3v) is 3.72. The molecule has 1 heterocycles. The molecule has 2 aromatic carbocycles. The molecule has 0 aliphatic rings. The molecule has 0 aliphatic heterocycles. The fraction of sp³-hybridized carbons (Fsp3) is 0.176. The zero-order chi connectivity index (χ0) is 14.8. The van der Waals surface area contributed by atoms with Crippen molar-refractivity contribution in [1.29, 1.82) is 0 Å². The lowest BCUT2D eigenvalue weighted by Gasteiger charge is -2.07. The van der Waals surface area contributed by atoms with Crippen LogP contribution in [0.15, 0.2) is 48.5 Å². The Morgan fingerprint density at radius 2 is 1.90 bits per heavy atom. The van der Waals surface area contributed by atoms with E-state index >= 15 is 0 Å². The Balaban J connectivity index is 1.87. The quantitative estimate of drug-likeness (QED) is 0.773. The fourth-order valence-corrected chi connectivity index (χ4v) is 2.49. The van der Waals surface area contributed by atoms with Gasteiger partial charge in [0, 0.05) is 24.5 Å². The van der Waals surface area contributed by atoms with E-state index in [1.807, 2.05) is 19.2 Å². The lowest BCUT2D eigenvalue weighted by Crippen LogP contribution is -2.01. The van der Waals surface area contributed by atoms with Crippen LogP contribution in [0.25, 0.3) is 10.9 Å². The molecule has 3 aromatic rings. The van der Waals surface area contributed by atoms with Crippen molar-refractivity contribution in [3.8, 4) is 11.5 Å². The van der Waals surface area contributed by atoms with Gasteiger partial charge < -0.3 is 20.1 Å². The first-order valence-electron chi connectivity index (χ1n) is 6.87. The minimum Gasteiger partial charge on any atom is -0.508 e. The Hall–Kier alpha value is -2.46. The average Bonchev–Trinajstić information content (AvgIpc) is 2.83. The van der Waals surface area contributed by atoms with Gasteiger partial charge in [0.2, 0.25) is 0 Å². The van der Waals surface area contributed by atoms with Crippen LogP contribution in [-0.4, -0.2) is 9.67 Å². The van der Waals surface area contributed by atoms with E-state index < -0.39 is 0 Å². The number of hydrogen-bond acceptors (Lipinski definition) is 3. The number of phenolic OH excluding ortho intramolecular Hbond substituents is 1. The first-order valence-corrected chi connectivity index (χ1v) is 6.87. The molecule has 21 heavy (non-hydrogen) atoms. The van der Waals surface area contributed by atoms with E-state index in [0.717, 1.165) is 22.5 Å². The summed E-state index contributed by atoms with van der Waals surface area (Å²) in [4.78, 5) is 0. The van der Waals surface area contributed by atoms with Crippen molar-refractivity contribution in [2.24, 2.45) is 12.8 Å². The molecule has 0 saturated heterocycles. The van der Waals surface area contributed by atoms with Gasteiger partial charge in [-0.1, -0.05) is 12.1 Å². The third-order valence-electron chi connectivity index (χ3n) is 3.72. The van der Waals surface area contributed by atoms with Crippen molar-refractivity contribution in [2.45, 2.75) is 13.2 Å². The summed E-state index contributed by atoms with van der Waals surface area (Å²) in [7, 11) is 2.03. The molecule has 108 valence electrons. The van der Waals surface area contributed by atoms with E-state index in [1.165, 1.54) is 5.39 Å². The fourth-order valence-electron chi connectivity index (χ4n) is 2.49. The van der Waals surface area contributed by atoms with E-state index in [4.69, 9.17) is 10.5 Å². The topological polar surface area (TPSA) is 60.4 Å². The van der Waals surface area contributed by atoms with E-state index in [-0.39, 0.29) is 5.75 Å². The van der Waals surface area contributed by atoms with Gasteiger partial charge in [-0.25, -0.2) is 0 Å². The molecule has 1 aromatic heterocycles. The molecule has 4 heteroatoms. The van der Waals surface area contributed by atoms with Gasteiger partial charge in [-0.15, -0.1) is 0 Å². The predicted molar refractivity (Wildman–Crippen MR) is 83.2 cm³/mol. The van der Waals surface area contributed by atoms with Crippen LogP contribution in [0, 0.1) is 0 Å². The van der Waals surface area contributed by atoms with Gasteiger partial charge in [0.1, 0.15) is 18.1 Å². The number of ether oxygens (including phenoxy) is 1. The van der Waals surface area contributed by atoms with Gasteiger partial charge in [-0.05, 0) is 42.0 Å². The lowest BCUT2D eigenvalue weighted by molar-refractivity contribution is 0.297. The number of aromatic nitrogens is 1. The summed E-state index contributed by atoms with van der Waals surface area (Å²) in [6.45, 7) is 1.000. The van der Waals surface area contributed by atoms with Gasteiger partial charge in [-0.2, -0.15) is 0 Å². The van der Waals surface area contributed by atoms with Crippen LogP contribution in [0.1, 0.15) is 11.3 Å². The molecule has 0 radical (unpaired) electrons. The lowest BCUT2D eigenvalue weighted by atomic mass is 10.1. The second-order valence-electron chi connectivity index (χ2n) is 5.03. The highest BCUT2D eigenvalue weighted by molar-refractivity contribution is 5.84. The number of aromatic hydroxyl groups is 1. The van der Waals surface area contributed by atoms with Crippen molar-refractivity contribution in [2.75, 3.05) is 0 Å². The maximum atomic E-state index is 9.27. The van der Waals surface area contributed by atoms with Gasteiger partial charge in [0.25, 0.3) is 0 Å². The zero-order valence-corrected chi connectivity index (χ0v) is 11.9. The highest BCUT2D eigenvalue weighted by Crippen LogP contribution is 2.24. The molecule has 0 unspecified atom stereocenters. The van der Waals surface area contributed by atoms with Crippen LogP contribution in [-0.2, 0) is 20.2 Å². The Morgan fingerprint density at radius 3 is 2.62 bits per heavy atom. The third kappa shape index (κ3) is 2.58. The Morgan fingerprint density at radius 1 is 1.14 bits per heavy atom. The molecule has 0 fully saturated rings. The summed E-state index contributed by atoms with van der Waals surface area (Å²) in [6, 6.07) is 15.0. The molecule has 0 atom stereocenters. The number of aryl methyl sites for hydroxylation is 1. The number of fused-ring (bicyclic) bond motifs is 1. The summed E-state index contributed by atoms with van der Waals surface area (Å²) in [5, 5.41) is 10.4. The van der Waals surface area contributed by atoms with E-state index in [9.17, 15) is 5.11 Å². The Kier molecular flexibility index (Phi) is 3.54. The molecule has 4 nitrogen and oxygen atoms in total. The smallest absolute Gasteiger partial charge is 0.128 e. The largest absolute Gasteiger partial charge is 0.508 e. The Labute approximate surface area is 123 Å². The maximum Gasteiger partial charge on any atom is 0.128 e. The number of nitrogens with zero attached hydrogens (tertiary/aromatic N) is 1. The van der Waals surface area contributed by atoms with Crippen molar-refractivity contribution in [3.05, 3.63) is 59.8 Å². The van der Waals surface area contributed by atoms with Gasteiger partial charge in [0.05, 0.1) is 5.69 Å². The van der Waals surface area contributed by atoms with Crippen LogP contribution in [0.3, 0.4) is 0 Å². The molecular formula is C17H18N2O2. The molecule has 0 amide bonds. The number of hydrogen-bond donors (Lipinski definition) is 2. The molecule has 3 N–H and O–H groups in total. The molecule has 0 saturated carbocycles. The van der Waals surface area contributed by atoms with Crippen LogP contribution in [0.5, 0.6) is 11.5 Å². The highest BCUT2D eigenvalue weighted by atomic mass is 16.5. The van der Waals surface area contributed by atoms with Crippen LogP contribution < -0.4 is 10.5 Å². The summed E-state index contributed by atoms with van der Waals surface area (Å²) in [5.41, 5.74) is 9.17. The van der Waals surface area contributed by atoms with E-state index in [1.54, 1.807) is 24.3 Å². The number of rotatable bonds is 4. The summed E-state index contributed by atoms with van der Waals surface area (Å²) in [6.07, 6.45) is 0. The normalized spacial score (nSPS) is 11.0. The first kappa shape index (κ1) is 13.5. The van der Waals surface area contributed by atoms with E-state index in [2.05, 4.69) is 16.7 Å². The van der Waals surface area contributed by atoms with Gasteiger partial charge in [0.15, 0.2) is 0 Å². The molecular weight excluding hydrogens is 264 g/mol. The zero-order valence-electron chi connectivity index (χ0n) is 11.9. The summed E-state index contributed by atoms with van der Waals surface area (Å²) >= 11 is 0. The van der Waals surface area contributed by atoms with Crippen molar-refractivity contribution >= 4 is 10.9 Å². The van der Waals surface area contributed by atoms with Crippen LogP contribution in [0.4, 0.5) is 0 Å². The predicted octanol–water partition coefficient (Wildman–Crippen LogP) is 2.92. The monoisotopic (exact) mass is 282 g/mol. The van der Waals surface area contributed by atoms with Crippen molar-refractivity contribution in [1.82, 2.24) is 4.57 Å². The number of phenols is 1. The Bertz CT molecular complexity index is 760. The molecule has 3 rings (SSSR count). The number of benzene rings is 2. The highest BCUT2D eigenvalue weighted by Gasteiger charge is 2.09. The SMILES string of the molecule is Cn1c(COc2ccc(O)cc2)cc2c(CN)cccc21. The second kappa shape index (κ2) is 5.50. The minimum atomic E-state index is 0.236. The standard InChI is InChI=1S/C17H18N2O2/c1-19-13(11-21-15-7-5-14(20)6-8-15)9-16-12(10-18)3-2-4-17(16)19/h2-9,20H,10-11,18H2,1H3. The summed E-state index contributed by atoms with van der Waals surface area (Å²) in [5.74, 6) is 0.969. The van der Waals surface area contributed by atoms with Crippen molar-refractivity contribution < 1.29 is 9.84 Å². The maximum absolute atomic E-state index is 9.27. The van der Waals surface area contributed by atoms with E-state index in [0.29, 0.717) is 13.2 Å². The number of nitrogens with two attached hydrogens (primary N) is 1. The molecule has 0 aliphatic carbocycles. The minimum absolute atomic E-state index is 0.236. The van der Waals surface area contributed by atoms with Crippen molar-refractivity contribution in [3.63, 3.8) is 0 Å². The second-order valence-corrected chi connectivity index (χ2v) is 5.03. The van der Waals surface area contributed by atoms with Gasteiger partial charge in [-0.3, -0.25) is 0 Å². The first-order chi connectivity index (χ1) is 10.2. The average molecular weight is 282 g/mol. The van der Waals surface area contributed by atoms with Crippen LogP contribution in [0.2, 0.25) is 0 Å². The summed E-state index contributed by atoms with van der Waals surface area (Å²) < 4.78 is 7.89. The molecule has 0 spiro atoms. The molecule has 0 bridgehead atoms. The van der Waals surface area contributed by atoms with Crippen LogP contribution >= 0.6 is 0 Å².